The minimum Gasteiger partial charge on any atom is -0.317 e. The van der Waals surface area contributed by atoms with Gasteiger partial charge in [-0.1, -0.05) is 6.07 Å². The fourth-order valence-corrected chi connectivity index (χ4v) is 3.66. The molecular weight excluding hydrogens is 289 g/mol. The van der Waals surface area contributed by atoms with E-state index in [0.717, 1.165) is 18.2 Å². The molecule has 0 radical (unpaired) electrons. The summed E-state index contributed by atoms with van der Waals surface area (Å²) in [5, 5.41) is 13.9. The minimum atomic E-state index is -4.26. The first-order valence-corrected chi connectivity index (χ1v) is 7.56. The second-order valence-corrected chi connectivity index (χ2v) is 6.14. The van der Waals surface area contributed by atoms with E-state index in [4.69, 9.17) is 0 Å². The normalized spacial score (nSPS) is 17.1. The van der Waals surface area contributed by atoms with Crippen molar-refractivity contribution in [1.29, 1.82) is 0 Å². The van der Waals surface area contributed by atoms with Gasteiger partial charge in [0.05, 0.1) is 4.92 Å². The average Bonchev–Trinajstić information content (AvgIpc) is 2.38. The van der Waals surface area contributed by atoms with E-state index >= 15 is 0 Å². The largest absolute Gasteiger partial charge is 0.317 e. The number of nitrogens with zero attached hydrogens (tertiary/aromatic N) is 1. The van der Waals surface area contributed by atoms with Crippen LogP contribution in [0.25, 0.3) is 0 Å². The van der Waals surface area contributed by atoms with Crippen LogP contribution in [0.3, 0.4) is 0 Å². The van der Waals surface area contributed by atoms with Gasteiger partial charge in [-0.2, -0.15) is 0 Å². The van der Waals surface area contributed by atoms with E-state index in [1.54, 1.807) is 0 Å². The molecular formula is C11H14FN3O4S. The predicted octanol–water partition coefficient (Wildman–Crippen LogP) is 0.764. The van der Waals surface area contributed by atoms with Crippen LogP contribution in [-0.2, 0) is 10.0 Å². The molecule has 0 atom stereocenters. The van der Waals surface area contributed by atoms with Crippen molar-refractivity contribution in [2.24, 2.45) is 0 Å². The molecule has 1 aromatic carbocycles. The topological polar surface area (TPSA) is 101 Å². The molecule has 1 heterocycles. The van der Waals surface area contributed by atoms with Crippen LogP contribution in [0.5, 0.6) is 0 Å². The number of rotatable bonds is 4. The molecule has 9 heteroatoms. The molecule has 20 heavy (non-hydrogen) atoms. The number of halogens is 1. The zero-order valence-electron chi connectivity index (χ0n) is 10.5. The SMILES string of the molecule is O=[N+]([O-])c1cccc(F)c1S(=O)(=O)NC1CCNCC1. The quantitative estimate of drug-likeness (QED) is 0.632. The molecule has 2 rings (SSSR count). The van der Waals surface area contributed by atoms with E-state index in [1.807, 2.05) is 0 Å². The highest BCUT2D eigenvalue weighted by atomic mass is 32.2. The van der Waals surface area contributed by atoms with Gasteiger partial charge in [-0.15, -0.1) is 0 Å². The van der Waals surface area contributed by atoms with Crippen LogP contribution < -0.4 is 10.0 Å². The molecule has 110 valence electrons. The Morgan fingerprint density at radius 1 is 1.35 bits per heavy atom. The summed E-state index contributed by atoms with van der Waals surface area (Å²) < 4.78 is 40.4. The highest BCUT2D eigenvalue weighted by Gasteiger charge is 2.31. The van der Waals surface area contributed by atoms with Gasteiger partial charge in [0.1, 0.15) is 5.82 Å². The third kappa shape index (κ3) is 3.11. The average molecular weight is 303 g/mol. The molecule has 1 aliphatic rings. The second kappa shape index (κ2) is 5.81. The maximum absolute atomic E-state index is 13.7. The van der Waals surface area contributed by atoms with E-state index in [0.29, 0.717) is 25.9 Å². The van der Waals surface area contributed by atoms with Crippen LogP contribution in [0.1, 0.15) is 12.8 Å². The molecule has 0 spiro atoms. The second-order valence-electron chi connectivity index (χ2n) is 4.49. The molecule has 2 N–H and O–H groups in total. The van der Waals surface area contributed by atoms with Gasteiger partial charge in [0.2, 0.25) is 0 Å². The summed E-state index contributed by atoms with van der Waals surface area (Å²) in [5.74, 6) is -1.12. The van der Waals surface area contributed by atoms with Gasteiger partial charge >= 0.3 is 0 Å². The van der Waals surface area contributed by atoms with Crippen LogP contribution in [-0.4, -0.2) is 32.5 Å². The number of benzene rings is 1. The standard InChI is InChI=1S/C11H14FN3O4S/c12-9-2-1-3-10(15(16)17)11(9)20(18,19)14-8-4-6-13-7-5-8/h1-3,8,13-14H,4-7H2. The zero-order chi connectivity index (χ0) is 14.8. The van der Waals surface area contributed by atoms with Crippen LogP contribution in [0.2, 0.25) is 0 Å². The van der Waals surface area contributed by atoms with Crippen molar-refractivity contribution in [3.05, 3.63) is 34.1 Å². The molecule has 0 aliphatic carbocycles. The lowest BCUT2D eigenvalue weighted by Gasteiger charge is -2.23. The van der Waals surface area contributed by atoms with Crippen molar-refractivity contribution >= 4 is 15.7 Å². The van der Waals surface area contributed by atoms with E-state index in [2.05, 4.69) is 10.0 Å². The van der Waals surface area contributed by atoms with Crippen LogP contribution >= 0.6 is 0 Å². The fraction of sp³-hybridized carbons (Fsp3) is 0.455. The molecule has 1 aliphatic heterocycles. The van der Waals surface area contributed by atoms with Crippen LogP contribution in [0, 0.1) is 15.9 Å². The first-order valence-electron chi connectivity index (χ1n) is 6.08. The Morgan fingerprint density at radius 2 is 2.00 bits per heavy atom. The molecule has 0 bridgehead atoms. The van der Waals surface area contributed by atoms with E-state index < -0.39 is 31.3 Å². The molecule has 0 saturated carbocycles. The Bertz CT molecular complexity index is 614. The third-order valence-corrected chi connectivity index (χ3v) is 4.66. The number of nitro benzene ring substituents is 1. The van der Waals surface area contributed by atoms with Crippen molar-refractivity contribution in [3.63, 3.8) is 0 Å². The maximum atomic E-state index is 13.7. The smallest absolute Gasteiger partial charge is 0.292 e. The van der Waals surface area contributed by atoms with E-state index in [9.17, 15) is 22.9 Å². The Hall–Kier alpha value is -1.58. The summed E-state index contributed by atoms with van der Waals surface area (Å²) in [5.41, 5.74) is -0.758. The van der Waals surface area contributed by atoms with E-state index in [-0.39, 0.29) is 6.04 Å². The first kappa shape index (κ1) is 14.8. The van der Waals surface area contributed by atoms with Gasteiger partial charge in [0.15, 0.2) is 4.90 Å². The third-order valence-electron chi connectivity index (χ3n) is 3.07. The maximum Gasteiger partial charge on any atom is 0.292 e. The monoisotopic (exact) mass is 303 g/mol. The van der Waals surface area contributed by atoms with Crippen molar-refractivity contribution in [2.45, 2.75) is 23.8 Å². The molecule has 1 aromatic rings. The lowest BCUT2D eigenvalue weighted by molar-refractivity contribution is -0.388. The minimum absolute atomic E-state index is 0.347. The number of hydrogen-bond acceptors (Lipinski definition) is 5. The Labute approximate surface area is 115 Å². The van der Waals surface area contributed by atoms with Gasteiger partial charge in [-0.3, -0.25) is 10.1 Å². The van der Waals surface area contributed by atoms with Gasteiger partial charge in [-0.05, 0) is 32.0 Å². The van der Waals surface area contributed by atoms with Gasteiger partial charge < -0.3 is 5.32 Å². The molecule has 0 unspecified atom stereocenters. The summed E-state index contributed by atoms with van der Waals surface area (Å²) in [6, 6.07) is 2.63. The molecule has 0 amide bonds. The lowest BCUT2D eigenvalue weighted by Crippen LogP contribution is -2.42. The van der Waals surface area contributed by atoms with Crippen molar-refractivity contribution in [1.82, 2.24) is 10.0 Å². The van der Waals surface area contributed by atoms with Gasteiger partial charge in [0.25, 0.3) is 15.7 Å². The Morgan fingerprint density at radius 3 is 2.60 bits per heavy atom. The van der Waals surface area contributed by atoms with Gasteiger partial charge in [-0.25, -0.2) is 17.5 Å². The van der Waals surface area contributed by atoms with Crippen molar-refractivity contribution in [2.75, 3.05) is 13.1 Å². The highest BCUT2D eigenvalue weighted by Crippen LogP contribution is 2.26. The van der Waals surface area contributed by atoms with Crippen molar-refractivity contribution < 1.29 is 17.7 Å². The number of piperidine rings is 1. The van der Waals surface area contributed by atoms with Crippen molar-refractivity contribution in [3.8, 4) is 0 Å². The van der Waals surface area contributed by atoms with Crippen LogP contribution in [0.15, 0.2) is 23.1 Å². The zero-order valence-corrected chi connectivity index (χ0v) is 11.3. The molecule has 7 nitrogen and oxygen atoms in total. The Balaban J connectivity index is 2.36. The summed E-state index contributed by atoms with van der Waals surface area (Å²) >= 11 is 0. The number of nitro groups is 1. The summed E-state index contributed by atoms with van der Waals surface area (Å²) in [7, 11) is -4.26. The fourth-order valence-electron chi connectivity index (χ4n) is 2.13. The predicted molar refractivity (Wildman–Crippen MR) is 69.3 cm³/mol. The molecule has 1 saturated heterocycles. The lowest BCUT2D eigenvalue weighted by atomic mass is 10.1. The van der Waals surface area contributed by atoms with Crippen LogP contribution in [0.4, 0.5) is 10.1 Å². The summed E-state index contributed by atoms with van der Waals surface area (Å²) in [6.45, 7) is 1.29. The summed E-state index contributed by atoms with van der Waals surface area (Å²) in [4.78, 5) is 9.05. The number of hydrogen-bond donors (Lipinski definition) is 2. The van der Waals surface area contributed by atoms with Gasteiger partial charge in [0, 0.05) is 12.1 Å². The first-order chi connectivity index (χ1) is 9.42. The highest BCUT2D eigenvalue weighted by molar-refractivity contribution is 7.89. The van der Waals surface area contributed by atoms with E-state index in [1.165, 1.54) is 0 Å². The summed E-state index contributed by atoms with van der Waals surface area (Å²) in [6.07, 6.45) is 1.11. The Kier molecular flexibility index (Phi) is 4.31. The molecule has 0 aromatic heterocycles. The number of sulfonamides is 1. The molecule has 1 fully saturated rings. The number of nitrogens with one attached hydrogen (secondary N) is 2.